The number of rotatable bonds is 5. The number of nitrogens with one attached hydrogen (secondary N) is 1. The lowest BCUT2D eigenvalue weighted by molar-refractivity contribution is 0.0938. The van der Waals surface area contributed by atoms with E-state index in [0.717, 1.165) is 16.5 Å². The highest BCUT2D eigenvalue weighted by atomic mass is 79.9. The number of carbonyl (C=O) groups is 1. The average Bonchev–Trinajstić information content (AvgIpc) is 2.47. The molecule has 0 bridgehead atoms. The Morgan fingerprint density at radius 3 is 2.52 bits per heavy atom. The van der Waals surface area contributed by atoms with E-state index in [0.29, 0.717) is 5.33 Å². The summed E-state index contributed by atoms with van der Waals surface area (Å²) in [5, 5.41) is 13.4. The largest absolute Gasteiger partial charge is 0.507 e. The van der Waals surface area contributed by atoms with Crippen LogP contribution in [0.15, 0.2) is 53.0 Å². The summed E-state index contributed by atoms with van der Waals surface area (Å²) in [4.78, 5) is 12.2. The van der Waals surface area contributed by atoms with Crippen LogP contribution in [-0.2, 0) is 6.42 Å². The van der Waals surface area contributed by atoms with Crippen molar-refractivity contribution in [2.75, 3.05) is 5.33 Å². The Bertz CT molecular complexity index is 617. The molecule has 0 aliphatic rings. The molecule has 2 N–H and O–H groups in total. The van der Waals surface area contributed by atoms with Gasteiger partial charge >= 0.3 is 0 Å². The van der Waals surface area contributed by atoms with Crippen LogP contribution in [-0.4, -0.2) is 22.4 Å². The molecule has 1 unspecified atom stereocenters. The summed E-state index contributed by atoms with van der Waals surface area (Å²) in [6.45, 7) is 0. The molecule has 2 aromatic carbocycles. The summed E-state index contributed by atoms with van der Waals surface area (Å²) in [6.07, 6.45) is 0.731. The van der Waals surface area contributed by atoms with Crippen molar-refractivity contribution in [2.45, 2.75) is 12.5 Å². The number of carbonyl (C=O) groups excluding carboxylic acids is 1. The number of hydrogen-bond acceptors (Lipinski definition) is 2. The summed E-state index contributed by atoms with van der Waals surface area (Å²) >= 11 is 6.67. The van der Waals surface area contributed by atoms with E-state index in [2.05, 4.69) is 37.2 Å². The molecule has 3 nitrogen and oxygen atoms in total. The minimum atomic E-state index is -0.277. The molecular weight excluding hydrogens is 398 g/mol. The molecule has 1 atom stereocenters. The van der Waals surface area contributed by atoms with Crippen molar-refractivity contribution in [3.8, 4) is 5.75 Å². The van der Waals surface area contributed by atoms with E-state index in [9.17, 15) is 9.90 Å². The van der Waals surface area contributed by atoms with Crippen LogP contribution in [0.4, 0.5) is 0 Å². The molecule has 2 aromatic rings. The standard InChI is InChI=1S/C16H15Br2NO2/c17-10-13(8-11-4-2-1-3-5-11)19-16(21)14-7-6-12(18)9-15(14)20/h1-7,9,13,20H,8,10H2,(H,19,21). The third-order valence-corrected chi connectivity index (χ3v) is 4.33. The van der Waals surface area contributed by atoms with Gasteiger partial charge < -0.3 is 10.4 Å². The number of phenols is 1. The Morgan fingerprint density at radius 2 is 1.90 bits per heavy atom. The summed E-state index contributed by atoms with van der Waals surface area (Å²) in [5.74, 6) is -0.310. The van der Waals surface area contributed by atoms with E-state index in [1.165, 1.54) is 6.07 Å². The second-order valence-corrected chi connectivity index (χ2v) is 6.24. The lowest BCUT2D eigenvalue weighted by Crippen LogP contribution is -2.37. The van der Waals surface area contributed by atoms with Gasteiger partial charge in [-0.2, -0.15) is 0 Å². The van der Waals surface area contributed by atoms with Gasteiger partial charge in [-0.3, -0.25) is 4.79 Å². The number of benzene rings is 2. The zero-order valence-electron chi connectivity index (χ0n) is 11.2. The number of alkyl halides is 1. The number of aromatic hydroxyl groups is 1. The molecule has 1 amide bonds. The average molecular weight is 413 g/mol. The SMILES string of the molecule is O=C(NC(CBr)Cc1ccccc1)c1ccc(Br)cc1O. The quantitative estimate of drug-likeness (QED) is 0.732. The lowest BCUT2D eigenvalue weighted by atomic mass is 10.1. The Morgan fingerprint density at radius 1 is 1.19 bits per heavy atom. The van der Waals surface area contributed by atoms with Crippen LogP contribution in [0.25, 0.3) is 0 Å². The Labute approximate surface area is 140 Å². The Hall–Kier alpha value is -1.33. The number of phenolic OH excluding ortho intramolecular Hbond substituents is 1. The fourth-order valence-corrected chi connectivity index (χ4v) is 2.74. The highest BCUT2D eigenvalue weighted by Gasteiger charge is 2.16. The van der Waals surface area contributed by atoms with Gasteiger partial charge in [0.1, 0.15) is 5.75 Å². The van der Waals surface area contributed by atoms with Gasteiger partial charge in [0.05, 0.1) is 5.56 Å². The topological polar surface area (TPSA) is 49.3 Å². The van der Waals surface area contributed by atoms with Crippen molar-refractivity contribution < 1.29 is 9.90 Å². The van der Waals surface area contributed by atoms with Crippen molar-refractivity contribution in [3.05, 3.63) is 64.1 Å². The maximum Gasteiger partial charge on any atom is 0.255 e. The zero-order chi connectivity index (χ0) is 15.2. The normalized spacial score (nSPS) is 11.9. The Kier molecular flexibility index (Phi) is 5.82. The van der Waals surface area contributed by atoms with Gasteiger partial charge in [-0.25, -0.2) is 0 Å². The van der Waals surface area contributed by atoms with Crippen LogP contribution in [0, 0.1) is 0 Å². The van der Waals surface area contributed by atoms with Crippen molar-refractivity contribution >= 4 is 37.8 Å². The summed E-state index contributed by atoms with van der Waals surface area (Å²) in [6, 6.07) is 14.8. The molecule has 0 aliphatic carbocycles. The van der Waals surface area contributed by atoms with Crippen LogP contribution < -0.4 is 5.32 Å². The lowest BCUT2D eigenvalue weighted by Gasteiger charge is -2.17. The van der Waals surface area contributed by atoms with E-state index in [4.69, 9.17) is 0 Å². The van der Waals surface area contributed by atoms with Crippen LogP contribution in [0.3, 0.4) is 0 Å². The first-order valence-corrected chi connectivity index (χ1v) is 8.41. The maximum absolute atomic E-state index is 12.2. The van der Waals surface area contributed by atoms with Crippen molar-refractivity contribution in [1.82, 2.24) is 5.32 Å². The van der Waals surface area contributed by atoms with Gasteiger partial charge in [-0.05, 0) is 30.2 Å². The third-order valence-electron chi connectivity index (χ3n) is 3.05. The van der Waals surface area contributed by atoms with E-state index < -0.39 is 0 Å². The summed E-state index contributed by atoms with van der Waals surface area (Å²) in [5.41, 5.74) is 1.43. The predicted molar refractivity (Wildman–Crippen MR) is 91.0 cm³/mol. The minimum Gasteiger partial charge on any atom is -0.507 e. The monoisotopic (exact) mass is 411 g/mol. The molecule has 110 valence electrons. The van der Waals surface area contributed by atoms with Gasteiger partial charge in [0.2, 0.25) is 0 Å². The molecule has 0 saturated carbocycles. The van der Waals surface area contributed by atoms with Crippen molar-refractivity contribution in [2.24, 2.45) is 0 Å². The molecule has 2 rings (SSSR count). The van der Waals surface area contributed by atoms with Crippen molar-refractivity contribution in [1.29, 1.82) is 0 Å². The maximum atomic E-state index is 12.2. The fourth-order valence-electron chi connectivity index (χ4n) is 2.00. The Balaban J connectivity index is 2.06. The zero-order valence-corrected chi connectivity index (χ0v) is 14.4. The van der Waals surface area contributed by atoms with Gasteiger partial charge in [0.15, 0.2) is 0 Å². The molecule has 0 heterocycles. The van der Waals surface area contributed by atoms with Gasteiger partial charge in [0, 0.05) is 15.8 Å². The molecule has 5 heteroatoms. The minimum absolute atomic E-state index is 0.0325. The first-order valence-electron chi connectivity index (χ1n) is 6.49. The predicted octanol–water partition coefficient (Wildman–Crippen LogP) is 3.89. The highest BCUT2D eigenvalue weighted by Crippen LogP contribution is 2.22. The van der Waals surface area contributed by atoms with Gasteiger partial charge in [-0.1, -0.05) is 62.2 Å². The molecule has 0 aliphatic heterocycles. The van der Waals surface area contributed by atoms with Crippen molar-refractivity contribution in [3.63, 3.8) is 0 Å². The first kappa shape index (κ1) is 16.0. The second kappa shape index (κ2) is 7.61. The molecule has 0 aromatic heterocycles. The van der Waals surface area contributed by atoms with E-state index >= 15 is 0 Å². The fraction of sp³-hybridized carbons (Fsp3) is 0.188. The van der Waals surface area contributed by atoms with E-state index in [1.807, 2.05) is 30.3 Å². The van der Waals surface area contributed by atoms with Gasteiger partial charge in [-0.15, -0.1) is 0 Å². The van der Waals surface area contributed by atoms with Crippen LogP contribution >= 0.6 is 31.9 Å². The molecule has 21 heavy (non-hydrogen) atoms. The van der Waals surface area contributed by atoms with Gasteiger partial charge in [0.25, 0.3) is 5.91 Å². The third kappa shape index (κ3) is 4.58. The molecule has 0 saturated heterocycles. The molecule has 0 radical (unpaired) electrons. The number of amides is 1. The van der Waals surface area contributed by atoms with E-state index in [-0.39, 0.29) is 23.3 Å². The van der Waals surface area contributed by atoms with Crippen LogP contribution in [0.5, 0.6) is 5.75 Å². The smallest absolute Gasteiger partial charge is 0.255 e. The van der Waals surface area contributed by atoms with E-state index in [1.54, 1.807) is 12.1 Å². The number of hydrogen-bond donors (Lipinski definition) is 2. The number of halogens is 2. The first-order chi connectivity index (χ1) is 10.1. The second-order valence-electron chi connectivity index (χ2n) is 4.68. The summed E-state index contributed by atoms with van der Waals surface area (Å²) < 4.78 is 0.734. The summed E-state index contributed by atoms with van der Waals surface area (Å²) in [7, 11) is 0. The highest BCUT2D eigenvalue weighted by molar-refractivity contribution is 9.10. The van der Waals surface area contributed by atoms with Crippen LogP contribution in [0.2, 0.25) is 0 Å². The molecular formula is C16H15Br2NO2. The van der Waals surface area contributed by atoms with Crippen LogP contribution in [0.1, 0.15) is 15.9 Å². The molecule has 0 fully saturated rings. The molecule has 0 spiro atoms.